The summed E-state index contributed by atoms with van der Waals surface area (Å²) in [7, 11) is 0. The van der Waals surface area contributed by atoms with Crippen molar-refractivity contribution in [2.45, 2.75) is 0 Å². The van der Waals surface area contributed by atoms with Gasteiger partial charge < -0.3 is 0 Å². The van der Waals surface area contributed by atoms with Gasteiger partial charge in [-0.2, -0.15) is 0 Å². The van der Waals surface area contributed by atoms with E-state index in [4.69, 9.17) is 0 Å². The molecule has 1 aliphatic heterocycles. The number of hydrogen-bond donors (Lipinski definition) is 0. The minimum Gasteiger partial charge on any atom is -0.266 e. The summed E-state index contributed by atoms with van der Waals surface area (Å²) in [4.78, 5) is 34.6. The smallest absolute Gasteiger partial charge is 0.266 e. The summed E-state index contributed by atoms with van der Waals surface area (Å²) >= 11 is 0. The van der Waals surface area contributed by atoms with E-state index in [0.717, 1.165) is 4.90 Å². The molecule has 0 fully saturated rings. The van der Waals surface area contributed by atoms with Crippen LogP contribution < -0.4 is 4.90 Å². The maximum absolute atomic E-state index is 12.5. The van der Waals surface area contributed by atoms with Gasteiger partial charge in [-0.25, -0.2) is 14.9 Å². The molecule has 0 unspecified atom stereocenters. The van der Waals surface area contributed by atoms with E-state index in [0.29, 0.717) is 16.7 Å². The van der Waals surface area contributed by atoms with E-state index < -0.39 is 11.8 Å². The number of para-hydroxylation sites is 3. The van der Waals surface area contributed by atoms with Crippen molar-refractivity contribution >= 4 is 28.5 Å². The Labute approximate surface area is 119 Å². The van der Waals surface area contributed by atoms with Crippen molar-refractivity contribution < 1.29 is 9.59 Å². The fourth-order valence-corrected chi connectivity index (χ4v) is 2.41. The molecule has 3 aromatic rings. The van der Waals surface area contributed by atoms with Crippen LogP contribution in [0.4, 0.5) is 5.69 Å². The number of benzene rings is 2. The molecule has 0 saturated heterocycles. The molecule has 0 radical (unpaired) electrons. The van der Waals surface area contributed by atoms with Crippen LogP contribution in [0.3, 0.4) is 0 Å². The van der Waals surface area contributed by atoms with Crippen LogP contribution in [0.5, 0.6) is 0 Å². The SMILES string of the molecule is O=C1c2nc3ccccc3nc2C(=O)N1c1ccccc1. The fourth-order valence-electron chi connectivity index (χ4n) is 2.41. The predicted molar refractivity (Wildman–Crippen MR) is 77.1 cm³/mol. The van der Waals surface area contributed by atoms with Gasteiger partial charge in [-0.3, -0.25) is 9.59 Å². The third-order valence-electron chi connectivity index (χ3n) is 3.40. The Hall–Kier alpha value is -3.08. The van der Waals surface area contributed by atoms with E-state index in [-0.39, 0.29) is 11.4 Å². The molecule has 2 amide bonds. The molecule has 0 aliphatic carbocycles. The summed E-state index contributed by atoms with van der Waals surface area (Å²) in [6, 6.07) is 16.0. The van der Waals surface area contributed by atoms with E-state index in [1.54, 1.807) is 36.4 Å². The van der Waals surface area contributed by atoms with Gasteiger partial charge in [0.15, 0.2) is 11.4 Å². The molecule has 0 atom stereocenters. The van der Waals surface area contributed by atoms with Crippen LogP contribution in [0, 0.1) is 0 Å². The second-order valence-corrected chi connectivity index (χ2v) is 4.69. The first-order valence-corrected chi connectivity index (χ1v) is 6.46. The van der Waals surface area contributed by atoms with Gasteiger partial charge in [0.1, 0.15) is 0 Å². The maximum Gasteiger partial charge on any atom is 0.286 e. The second kappa shape index (κ2) is 4.21. The molecule has 100 valence electrons. The average Bonchev–Trinajstić information content (AvgIpc) is 2.77. The van der Waals surface area contributed by atoms with Crippen LogP contribution in [0.25, 0.3) is 11.0 Å². The van der Waals surface area contributed by atoms with Crippen molar-refractivity contribution in [2.75, 3.05) is 4.90 Å². The monoisotopic (exact) mass is 275 g/mol. The third-order valence-corrected chi connectivity index (χ3v) is 3.40. The highest BCUT2D eigenvalue weighted by molar-refractivity contribution is 6.33. The van der Waals surface area contributed by atoms with Gasteiger partial charge in [0.2, 0.25) is 0 Å². The first kappa shape index (κ1) is 11.7. The van der Waals surface area contributed by atoms with Crippen LogP contribution >= 0.6 is 0 Å². The molecule has 0 N–H and O–H groups in total. The minimum atomic E-state index is -0.431. The summed E-state index contributed by atoms with van der Waals surface area (Å²) in [6.45, 7) is 0. The van der Waals surface area contributed by atoms with Gasteiger partial charge in [-0.1, -0.05) is 30.3 Å². The number of carbonyl (C=O) groups is 2. The molecule has 2 aromatic carbocycles. The van der Waals surface area contributed by atoms with Gasteiger partial charge in [0.25, 0.3) is 11.8 Å². The zero-order valence-electron chi connectivity index (χ0n) is 10.9. The number of aromatic nitrogens is 2. The number of carbonyl (C=O) groups excluding carboxylic acids is 2. The molecular weight excluding hydrogens is 266 g/mol. The lowest BCUT2D eigenvalue weighted by Crippen LogP contribution is -2.29. The van der Waals surface area contributed by atoms with Crippen molar-refractivity contribution in [3.8, 4) is 0 Å². The second-order valence-electron chi connectivity index (χ2n) is 4.69. The number of fused-ring (bicyclic) bond motifs is 2. The van der Waals surface area contributed by atoms with E-state index in [1.165, 1.54) is 0 Å². The van der Waals surface area contributed by atoms with Crippen molar-refractivity contribution in [3.05, 3.63) is 66.0 Å². The van der Waals surface area contributed by atoms with E-state index in [9.17, 15) is 9.59 Å². The predicted octanol–water partition coefficient (Wildman–Crippen LogP) is 2.43. The Morgan fingerprint density at radius 3 is 1.67 bits per heavy atom. The van der Waals surface area contributed by atoms with E-state index in [1.807, 2.05) is 18.2 Å². The summed E-state index contributed by atoms with van der Waals surface area (Å²) in [5.41, 5.74) is 1.96. The van der Waals surface area contributed by atoms with Crippen molar-refractivity contribution in [2.24, 2.45) is 0 Å². The Morgan fingerprint density at radius 1 is 0.667 bits per heavy atom. The number of hydrogen-bond acceptors (Lipinski definition) is 4. The Morgan fingerprint density at radius 2 is 1.14 bits per heavy atom. The first-order valence-electron chi connectivity index (χ1n) is 6.46. The lowest BCUT2D eigenvalue weighted by atomic mass is 10.2. The largest absolute Gasteiger partial charge is 0.286 e. The Balaban J connectivity index is 1.92. The van der Waals surface area contributed by atoms with Crippen molar-refractivity contribution in [1.82, 2.24) is 9.97 Å². The molecule has 5 nitrogen and oxygen atoms in total. The topological polar surface area (TPSA) is 63.2 Å². The van der Waals surface area contributed by atoms with Gasteiger partial charge in [0.05, 0.1) is 16.7 Å². The fraction of sp³-hybridized carbons (Fsp3) is 0. The van der Waals surface area contributed by atoms with E-state index >= 15 is 0 Å². The molecular formula is C16H9N3O2. The molecule has 1 aromatic heterocycles. The molecule has 21 heavy (non-hydrogen) atoms. The lowest BCUT2D eigenvalue weighted by Gasteiger charge is -2.12. The number of nitrogens with zero attached hydrogens (tertiary/aromatic N) is 3. The highest BCUT2D eigenvalue weighted by Crippen LogP contribution is 2.27. The zero-order chi connectivity index (χ0) is 14.4. The summed E-state index contributed by atoms with van der Waals surface area (Å²) < 4.78 is 0. The quantitative estimate of drug-likeness (QED) is 0.640. The molecule has 1 aliphatic rings. The number of rotatable bonds is 1. The number of imide groups is 1. The zero-order valence-corrected chi connectivity index (χ0v) is 10.9. The highest BCUT2D eigenvalue weighted by Gasteiger charge is 2.39. The summed E-state index contributed by atoms with van der Waals surface area (Å²) in [5.74, 6) is -0.862. The minimum absolute atomic E-state index is 0.113. The van der Waals surface area contributed by atoms with Crippen molar-refractivity contribution in [1.29, 1.82) is 0 Å². The number of amides is 2. The van der Waals surface area contributed by atoms with Crippen LogP contribution in [-0.2, 0) is 0 Å². The van der Waals surface area contributed by atoms with Crippen LogP contribution in [0.15, 0.2) is 54.6 Å². The van der Waals surface area contributed by atoms with Crippen LogP contribution in [0.1, 0.15) is 21.0 Å². The van der Waals surface area contributed by atoms with Gasteiger partial charge in [0, 0.05) is 0 Å². The highest BCUT2D eigenvalue weighted by atomic mass is 16.2. The van der Waals surface area contributed by atoms with Gasteiger partial charge >= 0.3 is 0 Å². The Kier molecular flexibility index (Phi) is 2.35. The molecule has 2 heterocycles. The first-order chi connectivity index (χ1) is 10.3. The molecule has 4 rings (SSSR count). The van der Waals surface area contributed by atoms with Crippen molar-refractivity contribution in [3.63, 3.8) is 0 Å². The van der Waals surface area contributed by atoms with Gasteiger partial charge in [-0.05, 0) is 24.3 Å². The van der Waals surface area contributed by atoms with Gasteiger partial charge in [-0.15, -0.1) is 0 Å². The average molecular weight is 275 g/mol. The van der Waals surface area contributed by atoms with E-state index in [2.05, 4.69) is 9.97 Å². The maximum atomic E-state index is 12.5. The molecule has 0 spiro atoms. The molecule has 0 bridgehead atoms. The van der Waals surface area contributed by atoms with Crippen LogP contribution in [0.2, 0.25) is 0 Å². The lowest BCUT2D eigenvalue weighted by molar-refractivity contribution is 0.0923. The molecule has 0 saturated carbocycles. The summed E-state index contributed by atoms with van der Waals surface area (Å²) in [6.07, 6.45) is 0. The summed E-state index contributed by atoms with van der Waals surface area (Å²) in [5, 5.41) is 0. The standard InChI is InChI=1S/C16H9N3O2/c20-15-13-14(18-12-9-5-4-8-11(12)17-13)16(21)19(15)10-6-2-1-3-7-10/h1-9H. The Bertz CT molecular complexity index is 836. The molecule has 5 heteroatoms. The van der Waals surface area contributed by atoms with Crippen LogP contribution in [-0.4, -0.2) is 21.8 Å². The normalized spacial score (nSPS) is 13.8. The third kappa shape index (κ3) is 1.64. The number of anilines is 1.